The van der Waals surface area contributed by atoms with Gasteiger partial charge in [0.15, 0.2) is 0 Å². The number of carbonyl (C=O) groups is 1. The highest BCUT2D eigenvalue weighted by Crippen LogP contribution is 2.09. The third-order valence-electron chi connectivity index (χ3n) is 2.57. The molecule has 5 heteroatoms. The number of likely N-dealkylation sites (N-methyl/N-ethyl adjacent to an activating group) is 1. The molecule has 1 aromatic rings. The Morgan fingerprint density at radius 2 is 2.29 bits per heavy atom. The maximum Gasteiger partial charge on any atom is 0.255 e. The van der Waals surface area contributed by atoms with Crippen LogP contribution in [0.15, 0.2) is 18.3 Å². The third kappa shape index (κ3) is 3.42. The highest BCUT2D eigenvalue weighted by Gasteiger charge is 2.19. The van der Waals surface area contributed by atoms with Crippen molar-refractivity contribution in [1.29, 1.82) is 0 Å². The zero-order valence-electron chi connectivity index (χ0n) is 10.5. The van der Waals surface area contributed by atoms with Gasteiger partial charge in [-0.2, -0.15) is 0 Å². The fourth-order valence-electron chi connectivity index (χ4n) is 1.68. The Kier molecular flexibility index (Phi) is 4.90. The Labute approximate surface area is 102 Å². The van der Waals surface area contributed by atoms with Gasteiger partial charge in [-0.15, -0.1) is 0 Å². The minimum Gasteiger partial charge on any atom is -0.384 e. The molecule has 0 radical (unpaired) electrons. The first kappa shape index (κ1) is 13.4. The van der Waals surface area contributed by atoms with Crippen LogP contribution in [0.1, 0.15) is 24.2 Å². The van der Waals surface area contributed by atoms with E-state index in [-0.39, 0.29) is 11.9 Å². The molecule has 17 heavy (non-hydrogen) atoms. The average Bonchev–Trinajstić information content (AvgIpc) is 2.31. The Bertz CT molecular complexity index is 365. The van der Waals surface area contributed by atoms with Crippen molar-refractivity contribution in [2.75, 3.05) is 26.0 Å². The number of anilines is 1. The molecule has 5 nitrogen and oxygen atoms in total. The molecule has 0 aliphatic carbocycles. The lowest BCUT2D eigenvalue weighted by Crippen LogP contribution is -2.40. The zero-order valence-corrected chi connectivity index (χ0v) is 10.5. The molecule has 1 rings (SSSR count). The predicted molar refractivity (Wildman–Crippen MR) is 66.7 cm³/mol. The lowest BCUT2D eigenvalue weighted by Gasteiger charge is -2.27. The summed E-state index contributed by atoms with van der Waals surface area (Å²) < 4.78 is 5.06. The standard InChI is InChI=1S/C12H19N3O2/c1-4-15(9(2)8-17-3)12(16)10-5-6-11(13)14-7-10/h5-7,9H,4,8H2,1-3H3,(H2,13,14). The first-order chi connectivity index (χ1) is 8.10. The Morgan fingerprint density at radius 3 is 2.76 bits per heavy atom. The summed E-state index contributed by atoms with van der Waals surface area (Å²) in [5.41, 5.74) is 6.03. The van der Waals surface area contributed by atoms with Crippen LogP contribution in [0.4, 0.5) is 5.82 Å². The molecule has 0 aromatic carbocycles. The molecule has 1 aromatic heterocycles. The molecule has 1 amide bonds. The third-order valence-corrected chi connectivity index (χ3v) is 2.57. The summed E-state index contributed by atoms with van der Waals surface area (Å²) in [4.78, 5) is 17.9. The summed E-state index contributed by atoms with van der Waals surface area (Å²) >= 11 is 0. The predicted octanol–water partition coefficient (Wildman–Crippen LogP) is 1.16. The first-order valence-electron chi connectivity index (χ1n) is 5.61. The van der Waals surface area contributed by atoms with Gasteiger partial charge in [0.25, 0.3) is 5.91 Å². The van der Waals surface area contributed by atoms with Crippen molar-refractivity contribution < 1.29 is 9.53 Å². The molecular formula is C12H19N3O2. The molecule has 0 aliphatic rings. The van der Waals surface area contributed by atoms with Crippen molar-refractivity contribution in [3.63, 3.8) is 0 Å². The van der Waals surface area contributed by atoms with E-state index in [0.29, 0.717) is 24.5 Å². The molecule has 1 atom stereocenters. The van der Waals surface area contributed by atoms with Gasteiger partial charge in [0.1, 0.15) is 5.82 Å². The molecule has 0 bridgehead atoms. The van der Waals surface area contributed by atoms with Gasteiger partial charge in [0.05, 0.1) is 18.2 Å². The zero-order chi connectivity index (χ0) is 12.8. The Morgan fingerprint density at radius 1 is 1.59 bits per heavy atom. The van der Waals surface area contributed by atoms with Crippen LogP contribution in [0, 0.1) is 0 Å². The molecule has 1 heterocycles. The second kappa shape index (κ2) is 6.20. The van der Waals surface area contributed by atoms with E-state index in [0.717, 1.165) is 0 Å². The summed E-state index contributed by atoms with van der Waals surface area (Å²) in [6.45, 7) is 5.04. The van der Waals surface area contributed by atoms with E-state index in [1.54, 1.807) is 24.1 Å². The van der Waals surface area contributed by atoms with Crippen molar-refractivity contribution in [3.05, 3.63) is 23.9 Å². The minimum atomic E-state index is -0.0513. The lowest BCUT2D eigenvalue weighted by molar-refractivity contribution is 0.0579. The van der Waals surface area contributed by atoms with Gasteiger partial charge in [0.2, 0.25) is 0 Å². The normalized spacial score (nSPS) is 12.2. The van der Waals surface area contributed by atoms with Crippen LogP contribution in [0.2, 0.25) is 0 Å². The van der Waals surface area contributed by atoms with Gasteiger partial charge < -0.3 is 15.4 Å². The highest BCUT2D eigenvalue weighted by molar-refractivity contribution is 5.94. The van der Waals surface area contributed by atoms with Crippen molar-refractivity contribution in [2.24, 2.45) is 0 Å². The number of nitrogen functional groups attached to an aromatic ring is 1. The number of pyridine rings is 1. The maximum absolute atomic E-state index is 12.2. The minimum absolute atomic E-state index is 0.0371. The Balaban J connectivity index is 2.82. The molecule has 2 N–H and O–H groups in total. The summed E-state index contributed by atoms with van der Waals surface area (Å²) in [6.07, 6.45) is 1.50. The molecule has 94 valence electrons. The average molecular weight is 237 g/mol. The van der Waals surface area contributed by atoms with Crippen LogP contribution in [-0.4, -0.2) is 42.1 Å². The molecule has 0 saturated heterocycles. The maximum atomic E-state index is 12.2. The van der Waals surface area contributed by atoms with Crippen LogP contribution in [-0.2, 0) is 4.74 Å². The smallest absolute Gasteiger partial charge is 0.255 e. The van der Waals surface area contributed by atoms with Crippen LogP contribution in [0.25, 0.3) is 0 Å². The fraction of sp³-hybridized carbons (Fsp3) is 0.500. The highest BCUT2D eigenvalue weighted by atomic mass is 16.5. The van der Waals surface area contributed by atoms with Crippen LogP contribution >= 0.6 is 0 Å². The van der Waals surface area contributed by atoms with E-state index in [1.807, 2.05) is 13.8 Å². The number of nitrogens with zero attached hydrogens (tertiary/aromatic N) is 2. The molecule has 0 aliphatic heterocycles. The second-order valence-electron chi connectivity index (χ2n) is 3.87. The number of aromatic nitrogens is 1. The van der Waals surface area contributed by atoms with Crippen molar-refractivity contribution in [1.82, 2.24) is 9.88 Å². The number of amides is 1. The summed E-state index contributed by atoms with van der Waals surface area (Å²) in [7, 11) is 1.62. The van der Waals surface area contributed by atoms with E-state index in [2.05, 4.69) is 4.98 Å². The lowest BCUT2D eigenvalue weighted by atomic mass is 10.2. The number of hydrogen-bond acceptors (Lipinski definition) is 4. The Hall–Kier alpha value is -1.62. The molecule has 0 fully saturated rings. The van der Waals surface area contributed by atoms with E-state index < -0.39 is 0 Å². The quantitative estimate of drug-likeness (QED) is 0.834. The second-order valence-corrected chi connectivity index (χ2v) is 3.87. The van der Waals surface area contributed by atoms with Gasteiger partial charge in [-0.05, 0) is 26.0 Å². The SMILES string of the molecule is CCN(C(=O)c1ccc(N)nc1)C(C)COC. The van der Waals surface area contributed by atoms with Crippen LogP contribution in [0.3, 0.4) is 0 Å². The summed E-state index contributed by atoms with van der Waals surface area (Å²) in [5.74, 6) is 0.360. The van der Waals surface area contributed by atoms with Crippen molar-refractivity contribution in [3.8, 4) is 0 Å². The van der Waals surface area contributed by atoms with E-state index in [1.165, 1.54) is 6.20 Å². The summed E-state index contributed by atoms with van der Waals surface area (Å²) in [6, 6.07) is 3.35. The molecule has 0 spiro atoms. The molecular weight excluding hydrogens is 218 g/mol. The van der Waals surface area contributed by atoms with Gasteiger partial charge in [-0.3, -0.25) is 4.79 Å². The molecule has 1 unspecified atom stereocenters. The van der Waals surface area contributed by atoms with Gasteiger partial charge in [-0.25, -0.2) is 4.98 Å². The van der Waals surface area contributed by atoms with Crippen LogP contribution < -0.4 is 5.73 Å². The summed E-state index contributed by atoms with van der Waals surface area (Å²) in [5, 5.41) is 0. The number of ether oxygens (including phenoxy) is 1. The van der Waals surface area contributed by atoms with E-state index in [4.69, 9.17) is 10.5 Å². The van der Waals surface area contributed by atoms with Gasteiger partial charge in [-0.1, -0.05) is 0 Å². The number of methoxy groups -OCH3 is 1. The van der Waals surface area contributed by atoms with Crippen molar-refractivity contribution >= 4 is 11.7 Å². The monoisotopic (exact) mass is 237 g/mol. The number of hydrogen-bond donors (Lipinski definition) is 1. The number of rotatable bonds is 5. The van der Waals surface area contributed by atoms with Crippen LogP contribution in [0.5, 0.6) is 0 Å². The molecule has 0 saturated carbocycles. The largest absolute Gasteiger partial charge is 0.384 e. The topological polar surface area (TPSA) is 68.5 Å². The van der Waals surface area contributed by atoms with Gasteiger partial charge >= 0.3 is 0 Å². The fourth-order valence-corrected chi connectivity index (χ4v) is 1.68. The number of nitrogens with two attached hydrogens (primary N) is 1. The van der Waals surface area contributed by atoms with E-state index >= 15 is 0 Å². The first-order valence-corrected chi connectivity index (χ1v) is 5.61. The number of carbonyl (C=O) groups excluding carboxylic acids is 1. The van der Waals surface area contributed by atoms with Crippen molar-refractivity contribution in [2.45, 2.75) is 19.9 Å². The van der Waals surface area contributed by atoms with E-state index in [9.17, 15) is 4.79 Å². The van der Waals surface area contributed by atoms with Gasteiger partial charge in [0, 0.05) is 19.9 Å².